The number of nitrogens with zero attached hydrogens (tertiary/aromatic N) is 1. The van der Waals surface area contributed by atoms with Crippen molar-refractivity contribution in [2.75, 3.05) is 6.54 Å². The van der Waals surface area contributed by atoms with Crippen molar-refractivity contribution in [2.24, 2.45) is 5.92 Å². The number of nitrogens with one attached hydrogen (secondary N) is 1. The van der Waals surface area contributed by atoms with Gasteiger partial charge in [0.2, 0.25) is 10.0 Å². The van der Waals surface area contributed by atoms with Crippen molar-refractivity contribution in [2.45, 2.75) is 55.5 Å². The minimum atomic E-state index is -3.54. The summed E-state index contributed by atoms with van der Waals surface area (Å²) in [6, 6.07) is 9.05. The van der Waals surface area contributed by atoms with Gasteiger partial charge in [-0.05, 0) is 79.1 Å². The van der Waals surface area contributed by atoms with E-state index in [9.17, 15) is 13.2 Å². The summed E-state index contributed by atoms with van der Waals surface area (Å²) in [5, 5.41) is 4.96. The maximum Gasteiger partial charge on any atom is 0.261 e. The number of sulfonamides is 1. The van der Waals surface area contributed by atoms with Gasteiger partial charge in [0.15, 0.2) is 0 Å². The number of carbonyl (C=O) groups excluding carboxylic acids is 1. The van der Waals surface area contributed by atoms with Crippen molar-refractivity contribution >= 4 is 27.3 Å². The molecule has 5 nitrogen and oxygen atoms in total. The van der Waals surface area contributed by atoms with E-state index in [1.807, 2.05) is 23.6 Å². The molecule has 1 aromatic heterocycles. The second-order valence-electron chi connectivity index (χ2n) is 8.17. The third-order valence-electron chi connectivity index (χ3n) is 6.42. The standard InChI is InChI=1S/C21H24N2O3S2/c24-21(20-6-3-9-27-20)22-18-10-14-11-19(18)23(13-14)28(25,26)17-8-7-15-4-1-2-5-16(15)12-17/h3,6-9,12,14,18-19H,1-2,4-5,10-11,13H2,(H,22,24). The first-order chi connectivity index (χ1) is 13.5. The summed E-state index contributed by atoms with van der Waals surface area (Å²) in [6.07, 6.45) is 6.00. The van der Waals surface area contributed by atoms with Gasteiger partial charge in [-0.1, -0.05) is 12.1 Å². The molecule has 3 aliphatic rings. The Labute approximate surface area is 169 Å². The van der Waals surface area contributed by atoms with Gasteiger partial charge in [-0.2, -0.15) is 4.31 Å². The molecule has 1 saturated carbocycles. The molecule has 3 atom stereocenters. The summed E-state index contributed by atoms with van der Waals surface area (Å²) < 4.78 is 28.4. The van der Waals surface area contributed by atoms with Crippen LogP contribution in [0.1, 0.15) is 46.5 Å². The molecule has 1 amide bonds. The molecule has 2 bridgehead atoms. The van der Waals surface area contributed by atoms with Crippen LogP contribution >= 0.6 is 11.3 Å². The van der Waals surface area contributed by atoms with Crippen LogP contribution in [-0.2, 0) is 22.9 Å². The van der Waals surface area contributed by atoms with Gasteiger partial charge in [0.05, 0.1) is 9.77 Å². The summed E-state index contributed by atoms with van der Waals surface area (Å²) in [5.41, 5.74) is 2.47. The number of piperidine rings is 1. The highest BCUT2D eigenvalue weighted by Crippen LogP contribution is 2.41. The van der Waals surface area contributed by atoms with E-state index in [0.29, 0.717) is 22.2 Å². The number of rotatable bonds is 4. The Bertz CT molecular complexity index is 1000. The third kappa shape index (κ3) is 3.09. The van der Waals surface area contributed by atoms with E-state index >= 15 is 0 Å². The first kappa shape index (κ1) is 18.3. The fourth-order valence-corrected chi connectivity index (χ4v) is 7.49. The number of benzene rings is 1. The zero-order valence-corrected chi connectivity index (χ0v) is 17.3. The number of hydrogen-bond donors (Lipinski definition) is 1. The quantitative estimate of drug-likeness (QED) is 0.832. The predicted octanol–water partition coefficient (Wildman–Crippen LogP) is 3.21. The molecule has 28 heavy (non-hydrogen) atoms. The zero-order valence-electron chi connectivity index (χ0n) is 15.6. The van der Waals surface area contributed by atoms with Gasteiger partial charge in [0.25, 0.3) is 5.91 Å². The number of carbonyl (C=O) groups is 1. The van der Waals surface area contributed by atoms with E-state index in [2.05, 4.69) is 5.32 Å². The van der Waals surface area contributed by atoms with Gasteiger partial charge < -0.3 is 5.32 Å². The lowest BCUT2D eigenvalue weighted by molar-refractivity contribution is 0.0921. The highest BCUT2D eigenvalue weighted by molar-refractivity contribution is 7.89. The largest absolute Gasteiger partial charge is 0.347 e. The van der Waals surface area contributed by atoms with Gasteiger partial charge >= 0.3 is 0 Å². The van der Waals surface area contributed by atoms with Crippen LogP contribution < -0.4 is 5.32 Å². The smallest absolute Gasteiger partial charge is 0.261 e. The maximum atomic E-state index is 13.4. The van der Waals surface area contributed by atoms with Gasteiger partial charge in [-0.3, -0.25) is 4.79 Å². The molecule has 1 aliphatic heterocycles. The van der Waals surface area contributed by atoms with Crippen LogP contribution in [0, 0.1) is 5.92 Å². The molecule has 148 valence electrons. The SMILES string of the molecule is O=C(NC1CC2CC1N(S(=O)(=O)c1ccc3c(c1)CCCC3)C2)c1cccs1. The Hall–Kier alpha value is -1.70. The van der Waals surface area contributed by atoms with Crippen molar-refractivity contribution in [1.82, 2.24) is 9.62 Å². The van der Waals surface area contributed by atoms with Crippen LogP contribution in [0.2, 0.25) is 0 Å². The van der Waals surface area contributed by atoms with E-state index in [1.165, 1.54) is 28.9 Å². The lowest BCUT2D eigenvalue weighted by Crippen LogP contribution is -2.51. The van der Waals surface area contributed by atoms with E-state index in [1.54, 1.807) is 16.4 Å². The van der Waals surface area contributed by atoms with Gasteiger partial charge in [0, 0.05) is 18.6 Å². The lowest BCUT2D eigenvalue weighted by Gasteiger charge is -2.33. The first-order valence-corrected chi connectivity index (χ1v) is 12.3. The molecule has 2 heterocycles. The van der Waals surface area contributed by atoms with Crippen LogP contribution in [-0.4, -0.2) is 37.3 Å². The molecule has 5 rings (SSSR count). The van der Waals surface area contributed by atoms with Crippen molar-refractivity contribution < 1.29 is 13.2 Å². The van der Waals surface area contributed by atoms with Gasteiger partial charge in [-0.25, -0.2) is 8.42 Å². The molecule has 7 heteroatoms. The second kappa shape index (κ2) is 6.97. The number of aryl methyl sites for hydroxylation is 2. The second-order valence-corrected chi connectivity index (χ2v) is 11.0. The Morgan fingerprint density at radius 1 is 1.11 bits per heavy atom. The average molecular weight is 417 g/mol. The summed E-state index contributed by atoms with van der Waals surface area (Å²) in [6.45, 7) is 0.565. The van der Waals surface area contributed by atoms with Crippen LogP contribution in [0.4, 0.5) is 0 Å². The number of fused-ring (bicyclic) bond motifs is 3. The van der Waals surface area contributed by atoms with E-state index in [4.69, 9.17) is 0 Å². The minimum absolute atomic E-state index is 0.0984. The molecular formula is C21H24N2O3S2. The predicted molar refractivity (Wildman–Crippen MR) is 109 cm³/mol. The topological polar surface area (TPSA) is 66.5 Å². The van der Waals surface area contributed by atoms with Crippen LogP contribution in [0.25, 0.3) is 0 Å². The Morgan fingerprint density at radius 3 is 2.68 bits per heavy atom. The lowest BCUT2D eigenvalue weighted by atomic mass is 9.92. The normalized spacial score (nSPS) is 26.9. The van der Waals surface area contributed by atoms with E-state index in [-0.39, 0.29) is 18.0 Å². The Kier molecular flexibility index (Phi) is 4.56. The molecule has 1 aromatic carbocycles. The highest BCUT2D eigenvalue weighted by Gasteiger charge is 2.50. The van der Waals surface area contributed by atoms with Crippen molar-refractivity contribution in [3.8, 4) is 0 Å². The molecule has 1 saturated heterocycles. The first-order valence-electron chi connectivity index (χ1n) is 10.0. The monoisotopic (exact) mass is 416 g/mol. The minimum Gasteiger partial charge on any atom is -0.347 e. The van der Waals surface area contributed by atoms with Crippen LogP contribution in [0.15, 0.2) is 40.6 Å². The summed E-state index contributed by atoms with van der Waals surface area (Å²) in [4.78, 5) is 13.5. The molecule has 2 fully saturated rings. The summed E-state index contributed by atoms with van der Waals surface area (Å²) in [7, 11) is -3.54. The van der Waals surface area contributed by atoms with E-state index in [0.717, 1.165) is 32.1 Å². The highest BCUT2D eigenvalue weighted by atomic mass is 32.2. The maximum absolute atomic E-state index is 13.4. The molecule has 0 spiro atoms. The molecule has 3 unspecified atom stereocenters. The van der Waals surface area contributed by atoms with Crippen molar-refractivity contribution in [3.63, 3.8) is 0 Å². The molecule has 1 N–H and O–H groups in total. The number of amides is 1. The fourth-order valence-electron chi connectivity index (χ4n) is 5.06. The number of hydrogen-bond acceptors (Lipinski definition) is 4. The Balaban J connectivity index is 1.38. The Morgan fingerprint density at radius 2 is 1.93 bits per heavy atom. The van der Waals surface area contributed by atoms with Crippen molar-refractivity contribution in [1.29, 1.82) is 0 Å². The van der Waals surface area contributed by atoms with Gasteiger partial charge in [0.1, 0.15) is 0 Å². The van der Waals surface area contributed by atoms with Crippen LogP contribution in [0.3, 0.4) is 0 Å². The van der Waals surface area contributed by atoms with Crippen LogP contribution in [0.5, 0.6) is 0 Å². The molecule has 0 radical (unpaired) electrons. The zero-order chi connectivity index (χ0) is 19.3. The average Bonchev–Trinajstić information content (AvgIpc) is 3.44. The molecule has 2 aliphatic carbocycles. The summed E-state index contributed by atoms with van der Waals surface area (Å²) >= 11 is 1.41. The fraction of sp³-hybridized carbons (Fsp3) is 0.476. The number of thiophene rings is 1. The summed E-state index contributed by atoms with van der Waals surface area (Å²) in [5.74, 6) is 0.227. The van der Waals surface area contributed by atoms with Gasteiger partial charge in [-0.15, -0.1) is 11.3 Å². The molecular weight excluding hydrogens is 392 g/mol. The third-order valence-corrected chi connectivity index (χ3v) is 9.18. The molecule has 2 aromatic rings. The van der Waals surface area contributed by atoms with Crippen molar-refractivity contribution in [3.05, 3.63) is 51.7 Å². The van der Waals surface area contributed by atoms with E-state index < -0.39 is 10.0 Å².